The van der Waals surface area contributed by atoms with Gasteiger partial charge in [0.15, 0.2) is 0 Å². The molecular formula is C6H11NS. The fourth-order valence-corrected chi connectivity index (χ4v) is 1.73. The van der Waals surface area contributed by atoms with E-state index >= 15 is 0 Å². The molecule has 0 aromatic carbocycles. The summed E-state index contributed by atoms with van der Waals surface area (Å²) in [6, 6.07) is 0.625. The van der Waals surface area contributed by atoms with Gasteiger partial charge in [-0.1, -0.05) is 6.92 Å². The van der Waals surface area contributed by atoms with Crippen molar-refractivity contribution in [3.8, 4) is 0 Å². The third-order valence-electron chi connectivity index (χ3n) is 1.32. The van der Waals surface area contributed by atoms with Crippen LogP contribution in [0.5, 0.6) is 0 Å². The van der Waals surface area contributed by atoms with Crippen molar-refractivity contribution in [2.75, 3.05) is 5.75 Å². The monoisotopic (exact) mass is 129 g/mol. The zero-order chi connectivity index (χ0) is 5.98. The normalized spacial score (nSPS) is 28.2. The highest BCUT2D eigenvalue weighted by molar-refractivity contribution is 8.14. The van der Waals surface area contributed by atoms with Crippen molar-refractivity contribution < 1.29 is 0 Å². The lowest BCUT2D eigenvalue weighted by Gasteiger charge is -1.95. The number of aliphatic imine (C=N–C) groups is 1. The summed E-state index contributed by atoms with van der Waals surface area (Å²) in [4.78, 5) is 4.39. The Bertz CT molecular complexity index is 109. The highest BCUT2D eigenvalue weighted by Gasteiger charge is 2.11. The average molecular weight is 129 g/mol. The lowest BCUT2D eigenvalue weighted by Crippen LogP contribution is -1.99. The van der Waals surface area contributed by atoms with Gasteiger partial charge in [0.05, 0.1) is 11.1 Å². The van der Waals surface area contributed by atoms with Crippen LogP contribution in [0.25, 0.3) is 0 Å². The molecule has 0 saturated carbocycles. The molecule has 0 spiro atoms. The molecule has 0 radical (unpaired) electrons. The molecule has 0 saturated heterocycles. The van der Waals surface area contributed by atoms with Crippen LogP contribution in [0.2, 0.25) is 0 Å². The molecule has 0 aliphatic carbocycles. The van der Waals surface area contributed by atoms with Gasteiger partial charge in [-0.2, -0.15) is 0 Å². The number of hydrogen-bond donors (Lipinski definition) is 0. The van der Waals surface area contributed by atoms with Gasteiger partial charge in [0.25, 0.3) is 0 Å². The van der Waals surface area contributed by atoms with E-state index in [9.17, 15) is 0 Å². The number of hydrogen-bond acceptors (Lipinski definition) is 2. The van der Waals surface area contributed by atoms with E-state index in [-0.39, 0.29) is 0 Å². The molecule has 1 aliphatic rings. The largest absolute Gasteiger partial charge is 0.279 e. The molecule has 8 heavy (non-hydrogen) atoms. The first-order valence-electron chi connectivity index (χ1n) is 3.00. The van der Waals surface area contributed by atoms with E-state index in [1.807, 2.05) is 11.8 Å². The molecule has 0 fully saturated rings. The van der Waals surface area contributed by atoms with Gasteiger partial charge in [0.1, 0.15) is 0 Å². The minimum Gasteiger partial charge on any atom is -0.279 e. The maximum Gasteiger partial charge on any atom is 0.0649 e. The average Bonchev–Trinajstić information content (AvgIpc) is 2.14. The molecule has 0 unspecified atom stereocenters. The molecule has 1 atom stereocenters. The quantitative estimate of drug-likeness (QED) is 0.527. The zero-order valence-electron chi connectivity index (χ0n) is 5.35. The summed E-state index contributed by atoms with van der Waals surface area (Å²) in [5, 5.41) is 1.26. The molecule has 46 valence electrons. The molecule has 0 N–H and O–H groups in total. The van der Waals surface area contributed by atoms with Crippen LogP contribution in [0.1, 0.15) is 20.3 Å². The van der Waals surface area contributed by atoms with Crippen LogP contribution in [-0.4, -0.2) is 16.8 Å². The Balaban J connectivity index is 2.41. The van der Waals surface area contributed by atoms with Gasteiger partial charge in [-0.3, -0.25) is 4.99 Å². The van der Waals surface area contributed by atoms with Crippen molar-refractivity contribution in [3.05, 3.63) is 0 Å². The summed E-state index contributed by atoms with van der Waals surface area (Å²) in [5.74, 6) is 1.21. The van der Waals surface area contributed by atoms with Gasteiger partial charge in [-0.15, -0.1) is 11.8 Å². The van der Waals surface area contributed by atoms with Crippen molar-refractivity contribution in [3.63, 3.8) is 0 Å². The molecule has 0 bridgehead atoms. The summed E-state index contributed by atoms with van der Waals surface area (Å²) in [6.45, 7) is 4.27. The number of thioether (sulfide) groups is 1. The van der Waals surface area contributed by atoms with Crippen LogP contribution in [0, 0.1) is 0 Å². The SMILES string of the molecule is CC[C@H]1CSC(C)=N1. The first kappa shape index (κ1) is 6.14. The minimum absolute atomic E-state index is 0.625. The van der Waals surface area contributed by atoms with E-state index in [1.54, 1.807) is 0 Å². The molecule has 2 heteroatoms. The Morgan fingerprint density at radius 2 is 2.62 bits per heavy atom. The third kappa shape index (κ3) is 1.25. The van der Waals surface area contributed by atoms with Crippen molar-refractivity contribution in [1.29, 1.82) is 0 Å². The van der Waals surface area contributed by atoms with Gasteiger partial charge in [-0.25, -0.2) is 0 Å². The van der Waals surface area contributed by atoms with Gasteiger partial charge in [0.2, 0.25) is 0 Å². The van der Waals surface area contributed by atoms with E-state index in [0.717, 1.165) is 0 Å². The molecule has 0 amide bonds. The molecule has 1 heterocycles. The van der Waals surface area contributed by atoms with Gasteiger partial charge in [-0.05, 0) is 13.3 Å². The highest BCUT2D eigenvalue weighted by atomic mass is 32.2. The second kappa shape index (κ2) is 2.53. The van der Waals surface area contributed by atoms with E-state index in [4.69, 9.17) is 0 Å². The number of nitrogens with zero attached hydrogens (tertiary/aromatic N) is 1. The van der Waals surface area contributed by atoms with Gasteiger partial charge >= 0.3 is 0 Å². The summed E-state index contributed by atoms with van der Waals surface area (Å²) in [6.07, 6.45) is 1.20. The highest BCUT2D eigenvalue weighted by Crippen LogP contribution is 2.18. The van der Waals surface area contributed by atoms with E-state index in [1.165, 1.54) is 17.2 Å². The van der Waals surface area contributed by atoms with Crippen LogP contribution < -0.4 is 0 Å². The molecule has 0 aromatic heterocycles. The second-order valence-electron chi connectivity index (χ2n) is 2.02. The Morgan fingerprint density at radius 1 is 1.88 bits per heavy atom. The lowest BCUT2D eigenvalue weighted by molar-refractivity contribution is 0.738. The van der Waals surface area contributed by atoms with Gasteiger partial charge in [0, 0.05) is 5.75 Å². The summed E-state index contributed by atoms with van der Waals surface area (Å²) in [7, 11) is 0. The Morgan fingerprint density at radius 3 is 2.88 bits per heavy atom. The minimum atomic E-state index is 0.625. The standard InChI is InChI=1S/C6H11NS/c1-3-6-4-8-5(2)7-6/h6H,3-4H2,1-2H3/t6-/m0/s1. The van der Waals surface area contributed by atoms with Crippen LogP contribution in [0.3, 0.4) is 0 Å². The second-order valence-corrected chi connectivity index (χ2v) is 3.23. The fourth-order valence-electron chi connectivity index (χ4n) is 0.758. The fraction of sp³-hybridized carbons (Fsp3) is 0.833. The third-order valence-corrected chi connectivity index (χ3v) is 2.39. The first-order valence-corrected chi connectivity index (χ1v) is 3.98. The Hall–Kier alpha value is 0.0200. The maximum atomic E-state index is 4.39. The summed E-state index contributed by atoms with van der Waals surface area (Å²) < 4.78 is 0. The Labute approximate surface area is 54.6 Å². The van der Waals surface area contributed by atoms with E-state index in [2.05, 4.69) is 18.8 Å². The van der Waals surface area contributed by atoms with Gasteiger partial charge < -0.3 is 0 Å². The zero-order valence-corrected chi connectivity index (χ0v) is 6.16. The molecule has 0 aromatic rings. The van der Waals surface area contributed by atoms with Crippen LogP contribution >= 0.6 is 11.8 Å². The predicted molar refractivity (Wildman–Crippen MR) is 39.6 cm³/mol. The van der Waals surface area contributed by atoms with Crippen molar-refractivity contribution >= 4 is 16.8 Å². The van der Waals surface area contributed by atoms with E-state index < -0.39 is 0 Å². The first-order chi connectivity index (χ1) is 3.83. The molecule has 1 aliphatic heterocycles. The van der Waals surface area contributed by atoms with E-state index in [0.29, 0.717) is 6.04 Å². The van der Waals surface area contributed by atoms with Crippen LogP contribution in [0.4, 0.5) is 0 Å². The van der Waals surface area contributed by atoms with Crippen LogP contribution in [0.15, 0.2) is 4.99 Å². The molecule has 1 rings (SSSR count). The summed E-state index contributed by atoms with van der Waals surface area (Å²) >= 11 is 1.88. The van der Waals surface area contributed by atoms with Crippen molar-refractivity contribution in [1.82, 2.24) is 0 Å². The predicted octanol–water partition coefficient (Wildman–Crippen LogP) is 1.93. The molecule has 1 nitrogen and oxygen atoms in total. The van der Waals surface area contributed by atoms with Crippen molar-refractivity contribution in [2.45, 2.75) is 26.3 Å². The topological polar surface area (TPSA) is 12.4 Å². The lowest BCUT2D eigenvalue weighted by atomic mass is 10.3. The van der Waals surface area contributed by atoms with Crippen molar-refractivity contribution in [2.24, 2.45) is 4.99 Å². The number of rotatable bonds is 1. The Kier molecular flexibility index (Phi) is 1.95. The smallest absolute Gasteiger partial charge is 0.0649 e. The van der Waals surface area contributed by atoms with Crippen LogP contribution in [-0.2, 0) is 0 Å². The maximum absolute atomic E-state index is 4.39. The molecular weight excluding hydrogens is 118 g/mol. The summed E-state index contributed by atoms with van der Waals surface area (Å²) in [5.41, 5.74) is 0.